The molecule has 156 valence electrons. The summed E-state index contributed by atoms with van der Waals surface area (Å²) in [6.07, 6.45) is 2.74. The van der Waals surface area contributed by atoms with E-state index in [0.717, 1.165) is 10.0 Å². The molecule has 0 unspecified atom stereocenters. The van der Waals surface area contributed by atoms with Gasteiger partial charge in [-0.2, -0.15) is 0 Å². The van der Waals surface area contributed by atoms with E-state index >= 15 is 0 Å². The highest BCUT2D eigenvalue weighted by Crippen LogP contribution is 2.21. The maximum atomic E-state index is 12.4. The lowest BCUT2D eigenvalue weighted by atomic mass is 10.1. The van der Waals surface area contributed by atoms with Gasteiger partial charge in [0, 0.05) is 21.7 Å². The number of ether oxygens (including phenoxy) is 1. The fourth-order valence-electron chi connectivity index (χ4n) is 2.56. The molecule has 0 fully saturated rings. The average Bonchev–Trinajstić information content (AvgIpc) is 2.77. The second-order valence-electron chi connectivity index (χ2n) is 6.58. The van der Waals surface area contributed by atoms with Crippen LogP contribution in [0, 0.1) is 6.92 Å². The number of carbonyl (C=O) groups is 3. The van der Waals surface area contributed by atoms with Gasteiger partial charge in [-0.05, 0) is 55.5 Å². The number of rotatable bonds is 5. The third-order valence-corrected chi connectivity index (χ3v) is 4.76. The van der Waals surface area contributed by atoms with Gasteiger partial charge in [-0.1, -0.05) is 51.8 Å². The number of hydrogen-bond donors (Lipinski definition) is 2. The topological polar surface area (TPSA) is 84.5 Å². The van der Waals surface area contributed by atoms with Crippen LogP contribution in [0.1, 0.15) is 31.8 Å². The van der Waals surface area contributed by atoms with E-state index in [1.807, 2.05) is 19.1 Å². The normalized spacial score (nSPS) is 10.5. The molecule has 3 aromatic carbocycles. The molecule has 3 aromatic rings. The van der Waals surface area contributed by atoms with Crippen LogP contribution >= 0.6 is 15.9 Å². The summed E-state index contributed by atoms with van der Waals surface area (Å²) in [5, 5.41) is 0. The third-order valence-electron chi connectivity index (χ3n) is 4.23. The van der Waals surface area contributed by atoms with E-state index in [4.69, 9.17) is 4.74 Å². The zero-order valence-electron chi connectivity index (χ0n) is 16.6. The zero-order valence-corrected chi connectivity index (χ0v) is 18.2. The molecule has 0 aliphatic carbocycles. The first-order valence-electron chi connectivity index (χ1n) is 9.34. The molecule has 0 heterocycles. The Bertz CT molecular complexity index is 1120. The number of esters is 1. The van der Waals surface area contributed by atoms with Crippen molar-refractivity contribution in [3.05, 3.63) is 106 Å². The van der Waals surface area contributed by atoms with Crippen molar-refractivity contribution in [3.63, 3.8) is 0 Å². The number of benzene rings is 3. The summed E-state index contributed by atoms with van der Waals surface area (Å²) in [6, 6.07) is 20.6. The predicted molar refractivity (Wildman–Crippen MR) is 121 cm³/mol. The first kappa shape index (κ1) is 22.0. The van der Waals surface area contributed by atoms with E-state index in [1.165, 1.54) is 12.2 Å². The Kier molecular flexibility index (Phi) is 7.35. The van der Waals surface area contributed by atoms with Crippen LogP contribution in [-0.4, -0.2) is 17.8 Å². The molecule has 3 rings (SSSR count). The molecule has 31 heavy (non-hydrogen) atoms. The standard InChI is InChI=1S/C24H19BrN2O4/c1-16-6-8-18(9-7-16)23(29)27-26-22(28)15-12-17-4-2-3-5-21(17)31-24(30)19-10-13-20(25)14-11-19/h2-15H,1H3,(H,26,28)(H,27,29)/b15-12+. The van der Waals surface area contributed by atoms with Crippen LogP contribution < -0.4 is 15.6 Å². The Balaban J connectivity index is 1.60. The molecule has 0 atom stereocenters. The van der Waals surface area contributed by atoms with Gasteiger partial charge >= 0.3 is 5.97 Å². The maximum Gasteiger partial charge on any atom is 0.343 e. The Morgan fingerprint density at radius 3 is 2.19 bits per heavy atom. The fourth-order valence-corrected chi connectivity index (χ4v) is 2.82. The van der Waals surface area contributed by atoms with Gasteiger partial charge in [0.25, 0.3) is 11.8 Å². The van der Waals surface area contributed by atoms with Crippen molar-refractivity contribution in [2.24, 2.45) is 0 Å². The summed E-state index contributed by atoms with van der Waals surface area (Å²) >= 11 is 3.32. The Labute approximate surface area is 188 Å². The van der Waals surface area contributed by atoms with Crippen molar-refractivity contribution in [1.29, 1.82) is 0 Å². The molecule has 0 radical (unpaired) electrons. The van der Waals surface area contributed by atoms with Crippen molar-refractivity contribution in [2.75, 3.05) is 0 Å². The highest BCUT2D eigenvalue weighted by molar-refractivity contribution is 9.10. The lowest BCUT2D eigenvalue weighted by Crippen LogP contribution is -2.40. The van der Waals surface area contributed by atoms with Crippen LogP contribution in [0.25, 0.3) is 6.08 Å². The second-order valence-corrected chi connectivity index (χ2v) is 7.49. The van der Waals surface area contributed by atoms with Crippen LogP contribution in [-0.2, 0) is 4.79 Å². The number of hydrazine groups is 1. The lowest BCUT2D eigenvalue weighted by molar-refractivity contribution is -0.117. The van der Waals surface area contributed by atoms with Gasteiger partial charge < -0.3 is 4.74 Å². The van der Waals surface area contributed by atoms with E-state index in [2.05, 4.69) is 26.8 Å². The molecule has 2 amide bonds. The number of nitrogens with one attached hydrogen (secondary N) is 2. The van der Waals surface area contributed by atoms with Crippen molar-refractivity contribution in [1.82, 2.24) is 10.9 Å². The van der Waals surface area contributed by atoms with Gasteiger partial charge in [0.05, 0.1) is 5.56 Å². The second kappa shape index (κ2) is 10.4. The predicted octanol–water partition coefficient (Wildman–Crippen LogP) is 4.45. The molecule has 0 aliphatic rings. The van der Waals surface area contributed by atoms with Crippen molar-refractivity contribution in [3.8, 4) is 5.75 Å². The minimum absolute atomic E-state index is 0.308. The molecule has 0 spiro atoms. The van der Waals surface area contributed by atoms with Crippen LogP contribution in [0.5, 0.6) is 5.75 Å². The van der Waals surface area contributed by atoms with Crippen LogP contribution in [0.2, 0.25) is 0 Å². The highest BCUT2D eigenvalue weighted by Gasteiger charge is 2.11. The van der Waals surface area contributed by atoms with Gasteiger partial charge in [0.15, 0.2) is 0 Å². The molecular weight excluding hydrogens is 460 g/mol. The minimum Gasteiger partial charge on any atom is -0.422 e. The van der Waals surface area contributed by atoms with E-state index in [1.54, 1.807) is 60.7 Å². The molecule has 0 saturated heterocycles. The SMILES string of the molecule is Cc1ccc(C(=O)NNC(=O)/C=C/c2ccccc2OC(=O)c2ccc(Br)cc2)cc1. The molecule has 6 nitrogen and oxygen atoms in total. The average molecular weight is 479 g/mol. The Hall–Kier alpha value is -3.71. The van der Waals surface area contributed by atoms with E-state index in [0.29, 0.717) is 22.4 Å². The molecule has 0 saturated carbocycles. The molecule has 2 N–H and O–H groups in total. The van der Waals surface area contributed by atoms with E-state index in [9.17, 15) is 14.4 Å². The van der Waals surface area contributed by atoms with Gasteiger partial charge in [-0.3, -0.25) is 20.4 Å². The van der Waals surface area contributed by atoms with Crippen molar-refractivity contribution >= 4 is 39.8 Å². The third kappa shape index (κ3) is 6.38. The maximum absolute atomic E-state index is 12.4. The van der Waals surface area contributed by atoms with E-state index in [-0.39, 0.29) is 0 Å². The molecule has 0 aliphatic heterocycles. The number of para-hydroxylation sites is 1. The first-order valence-corrected chi connectivity index (χ1v) is 10.1. The van der Waals surface area contributed by atoms with Crippen molar-refractivity contribution < 1.29 is 19.1 Å². The Morgan fingerprint density at radius 2 is 1.48 bits per heavy atom. The number of halogens is 1. The summed E-state index contributed by atoms with van der Waals surface area (Å²) in [4.78, 5) is 36.5. The fraction of sp³-hybridized carbons (Fsp3) is 0.0417. The molecule has 7 heteroatoms. The quantitative estimate of drug-likeness (QED) is 0.245. The van der Waals surface area contributed by atoms with Crippen LogP contribution in [0.4, 0.5) is 0 Å². The monoisotopic (exact) mass is 478 g/mol. The number of amides is 2. The van der Waals surface area contributed by atoms with Gasteiger partial charge in [0.2, 0.25) is 0 Å². The Morgan fingerprint density at radius 1 is 0.839 bits per heavy atom. The van der Waals surface area contributed by atoms with Crippen LogP contribution in [0.15, 0.2) is 83.3 Å². The van der Waals surface area contributed by atoms with Crippen molar-refractivity contribution in [2.45, 2.75) is 6.92 Å². The minimum atomic E-state index is -0.533. The van der Waals surface area contributed by atoms with E-state index < -0.39 is 17.8 Å². The summed E-state index contributed by atoms with van der Waals surface area (Å²) in [5.74, 6) is -1.16. The lowest BCUT2D eigenvalue weighted by Gasteiger charge is -2.08. The summed E-state index contributed by atoms with van der Waals surface area (Å²) < 4.78 is 6.32. The smallest absolute Gasteiger partial charge is 0.343 e. The summed E-state index contributed by atoms with van der Waals surface area (Å²) in [5.41, 5.74) is 7.07. The van der Waals surface area contributed by atoms with Gasteiger partial charge in [-0.25, -0.2) is 4.79 Å². The summed E-state index contributed by atoms with van der Waals surface area (Å²) in [6.45, 7) is 1.92. The molecule has 0 aromatic heterocycles. The van der Waals surface area contributed by atoms with Crippen LogP contribution in [0.3, 0.4) is 0 Å². The summed E-state index contributed by atoms with van der Waals surface area (Å²) in [7, 11) is 0. The number of carbonyl (C=O) groups excluding carboxylic acids is 3. The van der Waals surface area contributed by atoms with Gasteiger partial charge in [0.1, 0.15) is 5.75 Å². The number of aryl methyl sites for hydroxylation is 1. The number of hydrogen-bond acceptors (Lipinski definition) is 4. The van der Waals surface area contributed by atoms with Gasteiger partial charge in [-0.15, -0.1) is 0 Å². The zero-order chi connectivity index (χ0) is 22.2. The largest absolute Gasteiger partial charge is 0.422 e. The molecule has 0 bridgehead atoms. The first-order chi connectivity index (χ1) is 14.9. The molecular formula is C24H19BrN2O4. The highest BCUT2D eigenvalue weighted by atomic mass is 79.9.